The molecule has 2 aromatic rings. The molecule has 0 radical (unpaired) electrons. The molecule has 6 N–H and O–H groups in total. The van der Waals surface area contributed by atoms with Gasteiger partial charge in [0.15, 0.2) is 11.5 Å². The van der Waals surface area contributed by atoms with Crippen LogP contribution in [0.2, 0.25) is 0 Å². The second kappa shape index (κ2) is 10.8. The van der Waals surface area contributed by atoms with Gasteiger partial charge in [-0.3, -0.25) is 21.1 Å². The summed E-state index contributed by atoms with van der Waals surface area (Å²) in [6, 6.07) is 4.17. The van der Waals surface area contributed by atoms with Crippen LogP contribution in [0.3, 0.4) is 0 Å². The molecule has 1 aliphatic rings. The molecule has 1 aliphatic heterocycles. The largest absolute Gasteiger partial charge is 0.363 e. The van der Waals surface area contributed by atoms with E-state index in [-0.39, 0.29) is 21.8 Å². The number of amidine groups is 1. The topological polar surface area (TPSA) is 149 Å². The number of guanidine groups is 1. The Kier molecular flexibility index (Phi) is 7.93. The fourth-order valence-electron chi connectivity index (χ4n) is 2.95. The maximum atomic E-state index is 13.4. The Morgan fingerprint density at radius 3 is 2.80 bits per heavy atom. The molecule has 1 saturated heterocycles. The van der Waals surface area contributed by atoms with Crippen molar-refractivity contribution >= 4 is 39.2 Å². The number of rotatable bonds is 6. The molecule has 0 bridgehead atoms. The zero-order valence-electron chi connectivity index (χ0n) is 16.1. The van der Waals surface area contributed by atoms with Crippen molar-refractivity contribution in [2.45, 2.75) is 19.3 Å². The highest BCUT2D eigenvalue weighted by Gasteiger charge is 2.17. The van der Waals surface area contributed by atoms with Crippen molar-refractivity contribution in [1.29, 1.82) is 0 Å². The minimum absolute atomic E-state index is 0.0154. The van der Waals surface area contributed by atoms with Crippen LogP contribution in [0, 0.1) is 5.82 Å². The summed E-state index contributed by atoms with van der Waals surface area (Å²) in [5.41, 5.74) is 5.16. The lowest BCUT2D eigenvalue weighted by molar-refractivity contribution is 0.234. The van der Waals surface area contributed by atoms with Gasteiger partial charge in [-0.15, -0.1) is 0 Å². The number of piperidine rings is 1. The first kappa shape index (κ1) is 21.9. The molecule has 0 saturated carbocycles. The quantitative estimate of drug-likeness (QED) is 0.136. The number of nitrogens with zero attached hydrogens (tertiary/aromatic N) is 5. The van der Waals surface area contributed by atoms with Gasteiger partial charge in [0, 0.05) is 19.6 Å². The number of nitrogens with two attached hydrogens (primary N) is 1. The molecule has 1 fully saturated rings. The molecule has 1 aromatic heterocycles. The number of aliphatic imine (C=N–C) groups is 2. The van der Waals surface area contributed by atoms with Gasteiger partial charge in [0.1, 0.15) is 5.82 Å². The van der Waals surface area contributed by atoms with Gasteiger partial charge in [0.25, 0.3) is 0 Å². The Balaban J connectivity index is 1.64. The molecule has 0 atom stereocenters. The van der Waals surface area contributed by atoms with Crippen molar-refractivity contribution in [3.63, 3.8) is 0 Å². The van der Waals surface area contributed by atoms with E-state index in [1.165, 1.54) is 24.6 Å². The summed E-state index contributed by atoms with van der Waals surface area (Å²) in [6.07, 6.45) is 3.46. The maximum absolute atomic E-state index is 13.4. The Hall–Kier alpha value is -2.77. The number of nitrogens with one attached hydrogen (secondary N) is 3. The minimum atomic E-state index is -0.422. The summed E-state index contributed by atoms with van der Waals surface area (Å²) >= 11 is 3.09. The number of anilines is 1. The Morgan fingerprint density at radius 1 is 1.30 bits per heavy atom. The van der Waals surface area contributed by atoms with E-state index < -0.39 is 5.82 Å². The van der Waals surface area contributed by atoms with Crippen molar-refractivity contribution in [3.8, 4) is 0 Å². The van der Waals surface area contributed by atoms with Crippen LogP contribution in [-0.2, 0) is 0 Å². The Labute approximate surface area is 180 Å². The van der Waals surface area contributed by atoms with E-state index in [0.717, 1.165) is 25.9 Å². The van der Waals surface area contributed by atoms with Crippen LogP contribution >= 0.6 is 15.9 Å². The van der Waals surface area contributed by atoms with Gasteiger partial charge < -0.3 is 10.2 Å². The fourth-order valence-corrected chi connectivity index (χ4v) is 3.32. The van der Waals surface area contributed by atoms with E-state index in [0.29, 0.717) is 24.7 Å². The van der Waals surface area contributed by atoms with Crippen molar-refractivity contribution in [1.82, 2.24) is 26.1 Å². The van der Waals surface area contributed by atoms with Crippen LogP contribution in [0.5, 0.6) is 0 Å². The molecule has 2 heterocycles. The number of likely N-dealkylation sites (tertiary alicyclic amines) is 1. The summed E-state index contributed by atoms with van der Waals surface area (Å²) in [7, 11) is 0. The molecule has 30 heavy (non-hydrogen) atoms. The third kappa shape index (κ3) is 5.64. The van der Waals surface area contributed by atoms with Gasteiger partial charge in [-0.1, -0.05) is 0 Å². The average molecular weight is 484 g/mol. The number of hydroxylamine groups is 1. The first-order chi connectivity index (χ1) is 14.6. The van der Waals surface area contributed by atoms with Crippen LogP contribution < -0.4 is 22.1 Å². The number of aromatic nitrogens is 2. The first-order valence-corrected chi connectivity index (χ1v) is 10.2. The van der Waals surface area contributed by atoms with Gasteiger partial charge in [-0.25, -0.2) is 19.9 Å². The number of halogens is 2. The predicted octanol–water partition coefficient (Wildman–Crippen LogP) is 1.75. The summed E-state index contributed by atoms with van der Waals surface area (Å²) in [5, 5.41) is 20.1. The van der Waals surface area contributed by atoms with Gasteiger partial charge in [0.2, 0.25) is 11.8 Å². The monoisotopic (exact) mass is 483 g/mol. The highest BCUT2D eigenvalue weighted by Crippen LogP contribution is 2.23. The normalized spacial score (nSPS) is 15.3. The van der Waals surface area contributed by atoms with Gasteiger partial charge in [0.05, 0.1) is 16.7 Å². The number of hydrogen-bond acceptors (Lipinski definition) is 8. The second-order valence-electron chi connectivity index (χ2n) is 6.46. The molecule has 13 heteroatoms. The Bertz CT molecular complexity index is 899. The molecule has 162 valence electrons. The van der Waals surface area contributed by atoms with E-state index in [1.807, 2.05) is 5.48 Å². The second-order valence-corrected chi connectivity index (χ2v) is 7.31. The molecule has 0 unspecified atom stereocenters. The molecule has 0 spiro atoms. The Morgan fingerprint density at radius 2 is 2.10 bits per heavy atom. The summed E-state index contributed by atoms with van der Waals surface area (Å²) in [6.45, 7) is 2.69. The van der Waals surface area contributed by atoms with E-state index in [4.69, 9.17) is 10.5 Å². The molecular weight excluding hydrogens is 461 g/mol. The number of hydrazine groups is 1. The van der Waals surface area contributed by atoms with Gasteiger partial charge in [-0.2, -0.15) is 0 Å². The third-order valence-electron chi connectivity index (χ3n) is 4.41. The minimum Gasteiger partial charge on any atom is -0.363 e. The smallest absolute Gasteiger partial charge is 0.208 e. The predicted molar refractivity (Wildman–Crippen MR) is 113 cm³/mol. The summed E-state index contributed by atoms with van der Waals surface area (Å²) in [5.74, 6) is 6.08. The van der Waals surface area contributed by atoms with Gasteiger partial charge >= 0.3 is 0 Å². The number of benzene rings is 1. The first-order valence-electron chi connectivity index (χ1n) is 9.39. The van der Waals surface area contributed by atoms with Gasteiger partial charge in [-0.05, 0) is 63.7 Å². The van der Waals surface area contributed by atoms with Crippen LogP contribution in [0.25, 0.3) is 0 Å². The molecule has 3 rings (SSSR count). The van der Waals surface area contributed by atoms with Crippen molar-refractivity contribution in [2.24, 2.45) is 15.8 Å². The zero-order valence-corrected chi connectivity index (χ0v) is 17.7. The third-order valence-corrected chi connectivity index (χ3v) is 5.02. The highest BCUT2D eigenvalue weighted by atomic mass is 79.9. The summed E-state index contributed by atoms with van der Waals surface area (Å²) < 4.78 is 18.4. The van der Waals surface area contributed by atoms with E-state index in [1.54, 1.807) is 0 Å². The molecular formula is C17H23BrFN9O2. The van der Waals surface area contributed by atoms with Crippen LogP contribution in [0.15, 0.2) is 37.3 Å². The van der Waals surface area contributed by atoms with Crippen molar-refractivity contribution in [2.75, 3.05) is 31.5 Å². The molecule has 0 aliphatic carbocycles. The van der Waals surface area contributed by atoms with E-state index in [9.17, 15) is 9.60 Å². The van der Waals surface area contributed by atoms with Crippen LogP contribution in [-0.4, -0.2) is 58.4 Å². The van der Waals surface area contributed by atoms with E-state index >= 15 is 0 Å². The van der Waals surface area contributed by atoms with Crippen LogP contribution in [0.1, 0.15) is 25.0 Å². The molecule has 1 aromatic carbocycles. The zero-order chi connectivity index (χ0) is 21.3. The van der Waals surface area contributed by atoms with Crippen molar-refractivity contribution < 1.29 is 14.2 Å². The SMILES string of the molecule is NNC(=NCCNc1nonc1C(=Nc1ccc(F)c(Br)c1)NO)N1CCCCC1. The van der Waals surface area contributed by atoms with Crippen LogP contribution in [0.4, 0.5) is 15.9 Å². The summed E-state index contributed by atoms with van der Waals surface area (Å²) in [4.78, 5) is 10.8. The van der Waals surface area contributed by atoms with Crippen molar-refractivity contribution in [3.05, 3.63) is 34.2 Å². The lowest BCUT2D eigenvalue weighted by Crippen LogP contribution is -2.47. The fraction of sp³-hybridized carbons (Fsp3) is 0.412. The highest BCUT2D eigenvalue weighted by molar-refractivity contribution is 9.10. The lowest BCUT2D eigenvalue weighted by Gasteiger charge is -2.29. The maximum Gasteiger partial charge on any atom is 0.208 e. The molecule has 11 nitrogen and oxygen atoms in total. The standard InChI is InChI=1S/C17H23BrFN9O2/c18-12-10-11(4-5-13(12)19)23-16(25-29)14-15(27-30-26-14)21-6-7-22-17(24-20)28-8-2-1-3-9-28/h4-5,10,29H,1-3,6-9,20H2,(H,21,27)(H,22,24)(H,23,25). The average Bonchev–Trinajstić information content (AvgIpc) is 3.23. The van der Waals surface area contributed by atoms with E-state index in [2.05, 4.69) is 51.9 Å². The molecule has 0 amide bonds. The lowest BCUT2D eigenvalue weighted by atomic mass is 10.1. The number of hydrogen-bond donors (Lipinski definition) is 5.